The number of nitrogens with zero attached hydrogens (tertiary/aromatic N) is 3. The Bertz CT molecular complexity index is 374. The molecule has 2 aromatic heterocycles. The van der Waals surface area contributed by atoms with Crippen LogP contribution in [-0.2, 0) is 0 Å². The van der Waals surface area contributed by atoms with Gasteiger partial charge in [0.05, 0.1) is 0 Å². The predicted octanol–water partition coefficient (Wildman–Crippen LogP) is -2.12. The molecule has 2 aromatic rings. The summed E-state index contributed by atoms with van der Waals surface area (Å²) >= 11 is 1.56. The van der Waals surface area contributed by atoms with Gasteiger partial charge >= 0.3 is 51.4 Å². The van der Waals surface area contributed by atoms with Crippen LogP contribution >= 0.6 is 11.8 Å². The van der Waals surface area contributed by atoms with E-state index >= 15 is 0 Å². The molecule has 0 aromatic carbocycles. The SMILES string of the molecule is CSc1n[c-]nc2[nH]ncc12.[K+]. The molecule has 0 fully saturated rings. The van der Waals surface area contributed by atoms with E-state index in [1.54, 1.807) is 18.0 Å². The molecule has 0 unspecified atom stereocenters. The van der Waals surface area contributed by atoms with E-state index in [1.165, 1.54) is 0 Å². The molecule has 0 atom stereocenters. The Morgan fingerprint density at radius 1 is 1.50 bits per heavy atom. The van der Waals surface area contributed by atoms with Gasteiger partial charge in [0, 0.05) is 18.2 Å². The molecule has 0 aliphatic heterocycles. The fourth-order valence-electron chi connectivity index (χ4n) is 0.857. The minimum Gasteiger partial charge on any atom is -0.359 e. The second-order valence-corrected chi connectivity index (χ2v) is 2.76. The first-order chi connectivity index (χ1) is 5.42. The number of aromatic amines is 1. The summed E-state index contributed by atoms with van der Waals surface area (Å²) < 4.78 is 0. The first kappa shape index (κ1) is 10.6. The van der Waals surface area contributed by atoms with Crippen molar-refractivity contribution in [1.82, 2.24) is 20.2 Å². The van der Waals surface area contributed by atoms with Gasteiger partial charge in [0.15, 0.2) is 0 Å². The molecule has 1 N–H and O–H groups in total. The third-order valence-corrected chi connectivity index (χ3v) is 2.05. The van der Waals surface area contributed by atoms with E-state index in [0.717, 1.165) is 16.1 Å². The van der Waals surface area contributed by atoms with Crippen LogP contribution < -0.4 is 51.4 Å². The van der Waals surface area contributed by atoms with E-state index in [9.17, 15) is 0 Å². The molecule has 2 heterocycles. The molecule has 0 saturated carbocycles. The summed E-state index contributed by atoms with van der Waals surface area (Å²) in [5, 5.41) is 8.46. The van der Waals surface area contributed by atoms with E-state index in [4.69, 9.17) is 0 Å². The largest absolute Gasteiger partial charge is 1.00 e. The molecule has 0 bridgehead atoms. The Hall–Kier alpha value is 0.536. The number of hydrogen-bond acceptors (Lipinski definition) is 4. The second kappa shape index (κ2) is 4.68. The van der Waals surface area contributed by atoms with Crippen LogP contribution in [0.25, 0.3) is 11.0 Å². The minimum atomic E-state index is 0. The van der Waals surface area contributed by atoms with Crippen molar-refractivity contribution in [1.29, 1.82) is 0 Å². The molecule has 0 spiro atoms. The second-order valence-electron chi connectivity index (χ2n) is 1.97. The first-order valence-electron chi connectivity index (χ1n) is 3.03. The van der Waals surface area contributed by atoms with Gasteiger partial charge in [0.25, 0.3) is 0 Å². The third kappa shape index (κ3) is 1.89. The van der Waals surface area contributed by atoms with Crippen LogP contribution in [0.5, 0.6) is 0 Å². The molecule has 2 rings (SSSR count). The maximum atomic E-state index is 3.96. The maximum Gasteiger partial charge on any atom is 1.00 e. The summed E-state index contributed by atoms with van der Waals surface area (Å²) in [7, 11) is 0. The number of fused-ring (bicyclic) bond motifs is 1. The smallest absolute Gasteiger partial charge is 0.359 e. The van der Waals surface area contributed by atoms with Crippen molar-refractivity contribution in [2.45, 2.75) is 5.03 Å². The maximum absolute atomic E-state index is 3.96. The Labute approximate surface area is 116 Å². The van der Waals surface area contributed by atoms with Crippen LogP contribution in [0, 0.1) is 6.33 Å². The zero-order valence-electron chi connectivity index (χ0n) is 6.83. The van der Waals surface area contributed by atoms with Crippen LogP contribution in [0.15, 0.2) is 11.2 Å². The fourth-order valence-corrected chi connectivity index (χ4v) is 1.36. The average molecular weight is 204 g/mol. The number of H-pyrrole nitrogens is 1. The number of nitrogens with one attached hydrogen (secondary N) is 1. The Kier molecular flexibility index (Phi) is 4.14. The molecule has 0 saturated heterocycles. The molecule has 56 valence electrons. The normalized spacial score (nSPS) is 9.75. The summed E-state index contributed by atoms with van der Waals surface area (Å²) in [6.45, 7) is 0. The first-order valence-corrected chi connectivity index (χ1v) is 4.25. The van der Waals surface area contributed by atoms with E-state index in [1.807, 2.05) is 6.26 Å². The molecule has 4 nitrogen and oxygen atoms in total. The van der Waals surface area contributed by atoms with Crippen LogP contribution in [-0.4, -0.2) is 26.4 Å². The van der Waals surface area contributed by atoms with Crippen LogP contribution in [0.4, 0.5) is 0 Å². The Morgan fingerprint density at radius 3 is 3.08 bits per heavy atom. The van der Waals surface area contributed by atoms with E-state index < -0.39 is 0 Å². The molecular weight excluding hydrogens is 199 g/mol. The van der Waals surface area contributed by atoms with Crippen molar-refractivity contribution < 1.29 is 51.4 Å². The van der Waals surface area contributed by atoms with Gasteiger partial charge in [-0.25, -0.2) is 0 Å². The van der Waals surface area contributed by atoms with Crippen molar-refractivity contribution in [2.75, 3.05) is 6.26 Å². The van der Waals surface area contributed by atoms with Gasteiger partial charge in [-0.3, -0.25) is 0 Å². The van der Waals surface area contributed by atoms with Crippen molar-refractivity contribution in [2.24, 2.45) is 0 Å². The topological polar surface area (TPSA) is 54.5 Å². The quantitative estimate of drug-likeness (QED) is 0.250. The number of hydrogen-bond donors (Lipinski definition) is 1. The zero-order valence-corrected chi connectivity index (χ0v) is 10.8. The third-order valence-electron chi connectivity index (χ3n) is 1.36. The van der Waals surface area contributed by atoms with Gasteiger partial charge < -0.3 is 15.1 Å². The zero-order chi connectivity index (χ0) is 7.68. The van der Waals surface area contributed by atoms with Gasteiger partial charge in [-0.15, -0.1) is 0 Å². The Balaban J connectivity index is 0.000000720. The van der Waals surface area contributed by atoms with Crippen molar-refractivity contribution in [3.05, 3.63) is 12.5 Å². The van der Waals surface area contributed by atoms with Gasteiger partial charge in [-0.05, 0) is 16.7 Å². The van der Waals surface area contributed by atoms with Gasteiger partial charge in [0.1, 0.15) is 0 Å². The van der Waals surface area contributed by atoms with E-state index in [0.29, 0.717) is 0 Å². The molecule has 0 amide bonds. The van der Waals surface area contributed by atoms with Crippen molar-refractivity contribution in [3.63, 3.8) is 0 Å². The van der Waals surface area contributed by atoms with Gasteiger partial charge in [-0.2, -0.15) is 16.9 Å². The summed E-state index contributed by atoms with van der Waals surface area (Å²) in [5.41, 5.74) is 0.740. The standard InChI is InChI=1S/C6H5N4S.K/c1-11-6-4-2-9-10-5(4)7-3-8-6;/h2H,1H3,(H,7,8,9,10);/q-1;+1. The average Bonchev–Trinajstić information content (AvgIpc) is 2.50. The molecule has 0 radical (unpaired) electrons. The predicted molar refractivity (Wildman–Crippen MR) is 42.3 cm³/mol. The molecule has 6 heteroatoms. The summed E-state index contributed by atoms with van der Waals surface area (Å²) in [4.78, 5) is 7.85. The van der Waals surface area contributed by atoms with Gasteiger partial charge in [-0.1, -0.05) is 0 Å². The van der Waals surface area contributed by atoms with Crippen molar-refractivity contribution >= 4 is 22.8 Å². The summed E-state index contributed by atoms with van der Waals surface area (Å²) in [5.74, 6) is 0. The monoisotopic (exact) mass is 204 g/mol. The fraction of sp³-hybridized carbons (Fsp3) is 0.167. The molecule has 0 aliphatic carbocycles. The molecule has 0 aliphatic rings. The summed E-state index contributed by atoms with van der Waals surface area (Å²) in [6.07, 6.45) is 6.23. The van der Waals surface area contributed by atoms with E-state index in [2.05, 4.69) is 26.5 Å². The Morgan fingerprint density at radius 2 is 2.33 bits per heavy atom. The van der Waals surface area contributed by atoms with E-state index in [-0.39, 0.29) is 51.4 Å². The molecular formula is C6H5KN4S. The number of thioether (sulfide) groups is 1. The van der Waals surface area contributed by atoms with Crippen LogP contribution in [0.1, 0.15) is 0 Å². The minimum absolute atomic E-state index is 0. The van der Waals surface area contributed by atoms with Crippen molar-refractivity contribution in [3.8, 4) is 0 Å². The number of aromatic nitrogens is 4. The molecule has 12 heavy (non-hydrogen) atoms. The summed E-state index contributed by atoms with van der Waals surface area (Å²) in [6, 6.07) is 0. The van der Waals surface area contributed by atoms with Gasteiger partial charge in [0.2, 0.25) is 0 Å². The number of rotatable bonds is 1. The van der Waals surface area contributed by atoms with Crippen LogP contribution in [0.2, 0.25) is 0 Å². The van der Waals surface area contributed by atoms with Crippen LogP contribution in [0.3, 0.4) is 0 Å².